The summed E-state index contributed by atoms with van der Waals surface area (Å²) in [6.07, 6.45) is 0.985. The maximum absolute atomic E-state index is 12.0. The van der Waals surface area contributed by atoms with E-state index in [1.807, 2.05) is 0 Å². The number of rotatable bonds is 5. The lowest BCUT2D eigenvalue weighted by Gasteiger charge is -2.31. The highest BCUT2D eigenvalue weighted by Gasteiger charge is 2.30. The molecular weight excluding hydrogens is 248 g/mol. The van der Waals surface area contributed by atoms with E-state index in [9.17, 15) is 9.59 Å². The van der Waals surface area contributed by atoms with E-state index in [4.69, 9.17) is 9.57 Å². The molecule has 0 saturated heterocycles. The highest BCUT2D eigenvalue weighted by molar-refractivity contribution is 5.84. The van der Waals surface area contributed by atoms with Gasteiger partial charge in [0, 0.05) is 13.6 Å². The van der Waals surface area contributed by atoms with E-state index in [-0.39, 0.29) is 12.5 Å². The predicted molar refractivity (Wildman–Crippen MR) is 72.4 cm³/mol. The second kappa shape index (κ2) is 7.13. The normalized spacial score (nSPS) is 12.5. The molecule has 0 fully saturated rings. The molecule has 0 aliphatic carbocycles. The Morgan fingerprint density at radius 3 is 2.26 bits per heavy atom. The number of nitrogens with zero attached hydrogens (tertiary/aromatic N) is 2. The van der Waals surface area contributed by atoms with Crippen LogP contribution in [0.1, 0.15) is 27.7 Å². The zero-order valence-corrected chi connectivity index (χ0v) is 12.6. The van der Waals surface area contributed by atoms with Gasteiger partial charge < -0.3 is 4.74 Å². The van der Waals surface area contributed by atoms with Gasteiger partial charge in [0.25, 0.3) is 5.91 Å². The van der Waals surface area contributed by atoms with Gasteiger partial charge in [0.2, 0.25) is 0 Å². The van der Waals surface area contributed by atoms with E-state index in [2.05, 4.69) is 6.58 Å². The Hall–Kier alpha value is -1.56. The SMILES string of the molecule is C=CCN(C(=O)OC(C)(C)C)C(C)C(=O)N(C)OC. The van der Waals surface area contributed by atoms with Crippen LogP contribution in [-0.2, 0) is 14.4 Å². The van der Waals surface area contributed by atoms with Crippen LogP contribution in [0.2, 0.25) is 0 Å². The van der Waals surface area contributed by atoms with Gasteiger partial charge in [-0.2, -0.15) is 0 Å². The number of hydrogen-bond donors (Lipinski definition) is 0. The zero-order valence-electron chi connectivity index (χ0n) is 12.6. The molecule has 1 unspecified atom stereocenters. The lowest BCUT2D eigenvalue weighted by Crippen LogP contribution is -2.49. The van der Waals surface area contributed by atoms with Crippen molar-refractivity contribution in [3.8, 4) is 0 Å². The predicted octanol–water partition coefficient (Wildman–Crippen LogP) is 1.82. The first-order chi connectivity index (χ1) is 8.64. The van der Waals surface area contributed by atoms with Crippen LogP contribution in [0.25, 0.3) is 0 Å². The fraction of sp³-hybridized carbons (Fsp3) is 0.692. The molecule has 2 amide bonds. The molecule has 0 spiro atoms. The summed E-state index contributed by atoms with van der Waals surface area (Å²) in [5, 5.41) is 1.07. The minimum absolute atomic E-state index is 0.222. The molecule has 0 rings (SSSR count). The van der Waals surface area contributed by atoms with E-state index >= 15 is 0 Å². The number of ether oxygens (including phenoxy) is 1. The molecule has 1 atom stereocenters. The highest BCUT2D eigenvalue weighted by atomic mass is 16.7. The number of likely N-dealkylation sites (N-methyl/N-ethyl adjacent to an activating group) is 1. The molecule has 0 aliphatic heterocycles. The average molecular weight is 272 g/mol. The van der Waals surface area contributed by atoms with Gasteiger partial charge in [0.05, 0.1) is 7.11 Å². The minimum atomic E-state index is -0.696. The lowest BCUT2D eigenvalue weighted by molar-refractivity contribution is -0.173. The van der Waals surface area contributed by atoms with Crippen molar-refractivity contribution < 1.29 is 19.2 Å². The Bertz CT molecular complexity index is 336. The Kier molecular flexibility index (Phi) is 6.55. The van der Waals surface area contributed by atoms with Crippen LogP contribution in [0.4, 0.5) is 4.79 Å². The summed E-state index contributed by atoms with van der Waals surface area (Å²) in [5.41, 5.74) is -0.619. The quantitative estimate of drug-likeness (QED) is 0.566. The van der Waals surface area contributed by atoms with Crippen molar-refractivity contribution in [3.05, 3.63) is 12.7 Å². The molecule has 110 valence electrons. The van der Waals surface area contributed by atoms with Gasteiger partial charge in [0.1, 0.15) is 11.6 Å². The molecule has 6 heteroatoms. The number of amides is 2. The van der Waals surface area contributed by atoms with E-state index in [0.29, 0.717) is 0 Å². The summed E-state index contributed by atoms with van der Waals surface area (Å²) in [6, 6.07) is -0.696. The van der Waals surface area contributed by atoms with Gasteiger partial charge >= 0.3 is 6.09 Å². The van der Waals surface area contributed by atoms with Gasteiger partial charge in [-0.15, -0.1) is 6.58 Å². The zero-order chi connectivity index (χ0) is 15.2. The van der Waals surface area contributed by atoms with Crippen molar-refractivity contribution in [3.63, 3.8) is 0 Å². The van der Waals surface area contributed by atoms with Crippen molar-refractivity contribution >= 4 is 12.0 Å². The lowest BCUT2D eigenvalue weighted by atomic mass is 10.2. The standard InChI is InChI=1S/C13H24N2O4/c1-8-9-15(12(17)19-13(3,4)5)10(2)11(16)14(6)18-7/h8,10H,1,9H2,2-7H3. The maximum atomic E-state index is 12.0. The molecule has 19 heavy (non-hydrogen) atoms. The summed E-state index contributed by atoms with van der Waals surface area (Å²) in [6.45, 7) is 10.7. The first-order valence-electron chi connectivity index (χ1n) is 6.06. The van der Waals surface area contributed by atoms with E-state index in [1.54, 1.807) is 33.8 Å². The van der Waals surface area contributed by atoms with Crippen LogP contribution in [0.5, 0.6) is 0 Å². The monoisotopic (exact) mass is 272 g/mol. The molecule has 0 bridgehead atoms. The minimum Gasteiger partial charge on any atom is -0.444 e. The summed E-state index contributed by atoms with van der Waals surface area (Å²) < 4.78 is 5.26. The molecule has 6 nitrogen and oxygen atoms in total. The van der Waals surface area contributed by atoms with Crippen molar-refractivity contribution in [2.75, 3.05) is 20.7 Å². The van der Waals surface area contributed by atoms with Gasteiger partial charge in [-0.25, -0.2) is 9.86 Å². The Balaban J connectivity index is 4.94. The largest absolute Gasteiger partial charge is 0.444 e. The maximum Gasteiger partial charge on any atom is 0.411 e. The summed E-state index contributed by atoms with van der Waals surface area (Å²) in [4.78, 5) is 30.2. The van der Waals surface area contributed by atoms with Gasteiger partial charge in [-0.3, -0.25) is 14.5 Å². The third-order valence-corrected chi connectivity index (χ3v) is 2.36. The first kappa shape index (κ1) is 17.4. The van der Waals surface area contributed by atoms with Crippen LogP contribution in [0, 0.1) is 0 Å². The first-order valence-corrected chi connectivity index (χ1v) is 6.06. The van der Waals surface area contributed by atoms with E-state index < -0.39 is 17.7 Å². The molecule has 0 aromatic carbocycles. The fourth-order valence-electron chi connectivity index (χ4n) is 1.34. The van der Waals surface area contributed by atoms with E-state index in [0.717, 1.165) is 5.06 Å². The smallest absolute Gasteiger partial charge is 0.411 e. The average Bonchev–Trinajstić information content (AvgIpc) is 2.30. The van der Waals surface area contributed by atoms with Crippen molar-refractivity contribution in [2.45, 2.75) is 39.3 Å². The molecule has 0 N–H and O–H groups in total. The van der Waals surface area contributed by atoms with Crippen LogP contribution in [-0.4, -0.2) is 54.3 Å². The number of carbonyl (C=O) groups is 2. The van der Waals surface area contributed by atoms with Crippen molar-refractivity contribution in [2.24, 2.45) is 0 Å². The summed E-state index contributed by atoms with van der Waals surface area (Å²) >= 11 is 0. The van der Waals surface area contributed by atoms with Crippen molar-refractivity contribution in [1.82, 2.24) is 9.96 Å². The van der Waals surface area contributed by atoms with Crippen LogP contribution in [0.15, 0.2) is 12.7 Å². The summed E-state index contributed by atoms with van der Waals surface area (Å²) in [5.74, 6) is -0.338. The Morgan fingerprint density at radius 2 is 1.89 bits per heavy atom. The molecule has 0 saturated carbocycles. The van der Waals surface area contributed by atoms with Crippen LogP contribution in [0.3, 0.4) is 0 Å². The molecular formula is C13H24N2O4. The van der Waals surface area contributed by atoms with Crippen molar-refractivity contribution in [1.29, 1.82) is 0 Å². The topological polar surface area (TPSA) is 59.1 Å². The summed E-state index contributed by atoms with van der Waals surface area (Å²) in [7, 11) is 2.87. The third-order valence-electron chi connectivity index (χ3n) is 2.36. The van der Waals surface area contributed by atoms with Crippen LogP contribution < -0.4 is 0 Å². The molecule has 0 radical (unpaired) electrons. The number of carbonyl (C=O) groups excluding carboxylic acids is 2. The van der Waals surface area contributed by atoms with Crippen LogP contribution >= 0.6 is 0 Å². The second-order valence-corrected chi connectivity index (χ2v) is 5.12. The highest BCUT2D eigenvalue weighted by Crippen LogP contribution is 2.13. The molecule has 0 heterocycles. The molecule has 0 aromatic heterocycles. The van der Waals surface area contributed by atoms with Gasteiger partial charge in [-0.05, 0) is 27.7 Å². The second-order valence-electron chi connectivity index (χ2n) is 5.12. The number of hydroxylamine groups is 2. The molecule has 0 aliphatic rings. The van der Waals surface area contributed by atoms with Gasteiger partial charge in [-0.1, -0.05) is 6.08 Å². The Labute approximate surface area is 114 Å². The number of hydrogen-bond acceptors (Lipinski definition) is 4. The van der Waals surface area contributed by atoms with E-state index in [1.165, 1.54) is 19.1 Å². The third kappa shape index (κ3) is 5.74. The van der Waals surface area contributed by atoms with Gasteiger partial charge in [0.15, 0.2) is 0 Å². The fourth-order valence-corrected chi connectivity index (χ4v) is 1.34. The Morgan fingerprint density at radius 1 is 1.37 bits per heavy atom. The molecule has 0 aromatic rings.